The number of rotatable bonds is 7. The third kappa shape index (κ3) is 6.17. The average molecular weight is 411 g/mol. The minimum atomic E-state index is 1.15. The summed E-state index contributed by atoms with van der Waals surface area (Å²) in [5.41, 5.74) is 7.05. The number of hydrogen-bond donors (Lipinski definition) is 0. The smallest absolute Gasteiger partial charge is 0.0111 e. The molecule has 32 heavy (non-hydrogen) atoms. The van der Waals surface area contributed by atoms with Gasteiger partial charge in [0.2, 0.25) is 0 Å². The lowest BCUT2D eigenvalue weighted by Crippen LogP contribution is -1.87. The molecule has 0 aromatic heterocycles. The van der Waals surface area contributed by atoms with Crippen molar-refractivity contribution in [1.82, 2.24) is 0 Å². The van der Waals surface area contributed by atoms with E-state index in [1.54, 1.807) is 0 Å². The van der Waals surface area contributed by atoms with Crippen molar-refractivity contribution in [1.29, 1.82) is 0 Å². The molecule has 0 heteroatoms. The molecule has 0 bridgehead atoms. The standard InChI is InChI=1S/C32H26/c1-5-13-27(14-6-1)21-24-31(25-22-28-15-7-2-8-16-28)32(30-19-11-4-12-20-30)26-23-29-17-9-3-10-18-29/h1-26H. The summed E-state index contributed by atoms with van der Waals surface area (Å²) in [5, 5.41) is 0. The molecule has 0 aliphatic heterocycles. The number of allylic oxidation sites excluding steroid dienone is 5. The van der Waals surface area contributed by atoms with Crippen molar-refractivity contribution in [3.05, 3.63) is 167 Å². The summed E-state index contributed by atoms with van der Waals surface area (Å²) in [6.45, 7) is 0. The molecule has 0 aliphatic carbocycles. The van der Waals surface area contributed by atoms with Gasteiger partial charge in [-0.05, 0) is 33.4 Å². The van der Waals surface area contributed by atoms with Crippen LogP contribution in [-0.4, -0.2) is 0 Å². The predicted molar refractivity (Wildman–Crippen MR) is 140 cm³/mol. The van der Waals surface area contributed by atoms with E-state index in [9.17, 15) is 0 Å². The first kappa shape index (κ1) is 21.1. The zero-order valence-electron chi connectivity index (χ0n) is 18.0. The van der Waals surface area contributed by atoms with Crippen molar-refractivity contribution in [2.75, 3.05) is 0 Å². The van der Waals surface area contributed by atoms with Gasteiger partial charge in [0.05, 0.1) is 0 Å². The Morgan fingerprint density at radius 2 is 0.719 bits per heavy atom. The van der Waals surface area contributed by atoms with Crippen LogP contribution in [0, 0.1) is 0 Å². The lowest BCUT2D eigenvalue weighted by atomic mass is 9.96. The van der Waals surface area contributed by atoms with E-state index >= 15 is 0 Å². The van der Waals surface area contributed by atoms with Crippen LogP contribution in [0.2, 0.25) is 0 Å². The lowest BCUT2D eigenvalue weighted by Gasteiger charge is -2.08. The molecular formula is C32H26. The van der Waals surface area contributed by atoms with Crippen LogP contribution in [0.15, 0.2) is 145 Å². The minimum absolute atomic E-state index is 1.15. The number of benzene rings is 4. The first-order chi connectivity index (χ1) is 15.9. The Morgan fingerprint density at radius 3 is 1.12 bits per heavy atom. The number of hydrogen-bond acceptors (Lipinski definition) is 0. The quantitative estimate of drug-likeness (QED) is 0.268. The minimum Gasteiger partial charge on any atom is -0.0622 e. The van der Waals surface area contributed by atoms with E-state index in [2.05, 4.69) is 140 Å². The van der Waals surface area contributed by atoms with E-state index in [1.807, 2.05) is 18.2 Å². The van der Waals surface area contributed by atoms with Gasteiger partial charge in [-0.1, -0.05) is 158 Å². The van der Waals surface area contributed by atoms with Crippen molar-refractivity contribution >= 4 is 23.8 Å². The lowest BCUT2D eigenvalue weighted by molar-refractivity contribution is 1.58. The van der Waals surface area contributed by atoms with Gasteiger partial charge < -0.3 is 0 Å². The molecule has 0 spiro atoms. The molecule has 0 radical (unpaired) electrons. The molecule has 0 amide bonds. The molecule has 0 unspecified atom stereocenters. The fourth-order valence-electron chi connectivity index (χ4n) is 3.46. The maximum atomic E-state index is 2.21. The van der Waals surface area contributed by atoms with Crippen LogP contribution in [0.4, 0.5) is 0 Å². The monoisotopic (exact) mass is 410 g/mol. The van der Waals surface area contributed by atoms with Gasteiger partial charge in [-0.3, -0.25) is 0 Å². The van der Waals surface area contributed by atoms with Crippen LogP contribution in [0.3, 0.4) is 0 Å². The summed E-state index contributed by atoms with van der Waals surface area (Å²) in [6.07, 6.45) is 13.1. The van der Waals surface area contributed by atoms with Crippen molar-refractivity contribution in [3.8, 4) is 0 Å². The molecule has 0 heterocycles. The highest BCUT2D eigenvalue weighted by Crippen LogP contribution is 2.25. The van der Waals surface area contributed by atoms with Gasteiger partial charge in [0.1, 0.15) is 0 Å². The van der Waals surface area contributed by atoms with Gasteiger partial charge in [0, 0.05) is 0 Å². The molecule has 154 valence electrons. The summed E-state index contributed by atoms with van der Waals surface area (Å²) < 4.78 is 0. The summed E-state index contributed by atoms with van der Waals surface area (Å²) >= 11 is 0. The molecular weight excluding hydrogens is 384 g/mol. The Bertz CT molecular complexity index is 1160. The summed E-state index contributed by atoms with van der Waals surface area (Å²) in [6, 6.07) is 41.8. The van der Waals surface area contributed by atoms with Crippen LogP contribution < -0.4 is 0 Å². The molecule has 4 aromatic carbocycles. The molecule has 0 saturated carbocycles. The van der Waals surface area contributed by atoms with E-state index in [0.29, 0.717) is 0 Å². The molecule has 4 rings (SSSR count). The first-order valence-corrected chi connectivity index (χ1v) is 10.9. The average Bonchev–Trinajstić information content (AvgIpc) is 2.88. The van der Waals surface area contributed by atoms with E-state index < -0.39 is 0 Å². The van der Waals surface area contributed by atoms with Crippen LogP contribution in [0.5, 0.6) is 0 Å². The Hall–Kier alpha value is -4.16. The third-order valence-electron chi connectivity index (χ3n) is 5.15. The van der Waals surface area contributed by atoms with Gasteiger partial charge in [-0.2, -0.15) is 0 Å². The summed E-state index contributed by atoms with van der Waals surface area (Å²) in [5.74, 6) is 0. The first-order valence-electron chi connectivity index (χ1n) is 10.9. The van der Waals surface area contributed by atoms with E-state index in [4.69, 9.17) is 0 Å². The molecule has 0 atom stereocenters. The van der Waals surface area contributed by atoms with Crippen LogP contribution in [0.25, 0.3) is 23.8 Å². The zero-order valence-corrected chi connectivity index (χ0v) is 18.0. The Labute approximate surface area is 191 Å². The van der Waals surface area contributed by atoms with Gasteiger partial charge in [0.25, 0.3) is 0 Å². The highest BCUT2D eigenvalue weighted by atomic mass is 14.1. The van der Waals surface area contributed by atoms with Crippen molar-refractivity contribution in [2.24, 2.45) is 0 Å². The zero-order chi connectivity index (χ0) is 21.8. The third-order valence-corrected chi connectivity index (χ3v) is 5.15. The molecule has 0 nitrogen and oxygen atoms in total. The van der Waals surface area contributed by atoms with Crippen LogP contribution in [-0.2, 0) is 0 Å². The largest absolute Gasteiger partial charge is 0.0622 e. The predicted octanol–water partition coefficient (Wildman–Crippen LogP) is 8.58. The normalized spacial score (nSPS) is 11.4. The van der Waals surface area contributed by atoms with E-state index in [0.717, 1.165) is 5.57 Å². The van der Waals surface area contributed by atoms with Gasteiger partial charge in [-0.25, -0.2) is 0 Å². The summed E-state index contributed by atoms with van der Waals surface area (Å²) in [7, 11) is 0. The highest BCUT2D eigenvalue weighted by Gasteiger charge is 2.03. The summed E-state index contributed by atoms with van der Waals surface area (Å²) in [4.78, 5) is 0. The van der Waals surface area contributed by atoms with E-state index in [1.165, 1.54) is 27.8 Å². The van der Waals surface area contributed by atoms with Gasteiger partial charge >= 0.3 is 0 Å². The van der Waals surface area contributed by atoms with Crippen molar-refractivity contribution in [2.45, 2.75) is 0 Å². The topological polar surface area (TPSA) is 0 Å². The molecule has 0 aliphatic rings. The maximum Gasteiger partial charge on any atom is -0.0111 e. The Kier molecular flexibility index (Phi) is 7.44. The highest BCUT2D eigenvalue weighted by molar-refractivity contribution is 5.86. The van der Waals surface area contributed by atoms with E-state index in [-0.39, 0.29) is 0 Å². The fourth-order valence-corrected chi connectivity index (χ4v) is 3.46. The maximum absolute atomic E-state index is 2.21. The SMILES string of the molecule is C(=Cc1ccccc1)C(C=Cc1ccccc1)=C(C=Cc1ccccc1)c1ccccc1. The second-order valence-electron chi connectivity index (χ2n) is 7.47. The Morgan fingerprint density at radius 1 is 0.375 bits per heavy atom. The second-order valence-corrected chi connectivity index (χ2v) is 7.47. The van der Waals surface area contributed by atoms with Crippen LogP contribution in [0.1, 0.15) is 22.3 Å². The fraction of sp³-hybridized carbons (Fsp3) is 0. The molecule has 4 aromatic rings. The van der Waals surface area contributed by atoms with Gasteiger partial charge in [-0.15, -0.1) is 0 Å². The molecule has 0 saturated heterocycles. The van der Waals surface area contributed by atoms with Crippen molar-refractivity contribution < 1.29 is 0 Å². The van der Waals surface area contributed by atoms with Crippen LogP contribution >= 0.6 is 0 Å². The molecule has 0 fully saturated rings. The molecule has 0 N–H and O–H groups in total. The second kappa shape index (κ2) is 11.3. The van der Waals surface area contributed by atoms with Gasteiger partial charge in [0.15, 0.2) is 0 Å². The van der Waals surface area contributed by atoms with Crippen molar-refractivity contribution in [3.63, 3.8) is 0 Å². The Balaban J connectivity index is 1.82.